The first-order chi connectivity index (χ1) is 9.75. The molecule has 0 amide bonds. The van der Waals surface area contributed by atoms with Gasteiger partial charge < -0.3 is 5.32 Å². The van der Waals surface area contributed by atoms with Crippen LogP contribution in [0.3, 0.4) is 0 Å². The van der Waals surface area contributed by atoms with E-state index in [2.05, 4.69) is 48.6 Å². The van der Waals surface area contributed by atoms with Crippen LogP contribution in [0.25, 0.3) is 5.69 Å². The summed E-state index contributed by atoms with van der Waals surface area (Å²) >= 11 is 3.55. The molecule has 1 N–H and O–H groups in total. The molecule has 1 aliphatic rings. The summed E-state index contributed by atoms with van der Waals surface area (Å²) in [5.41, 5.74) is 0.968. The summed E-state index contributed by atoms with van der Waals surface area (Å²) in [6.07, 6.45) is 0. The van der Waals surface area contributed by atoms with Gasteiger partial charge in [0.2, 0.25) is 0 Å². The summed E-state index contributed by atoms with van der Waals surface area (Å²) in [6, 6.07) is 8.46. The number of nitrogens with one attached hydrogen (secondary N) is 1. The molecule has 0 spiro atoms. The van der Waals surface area contributed by atoms with Crippen molar-refractivity contribution in [1.82, 2.24) is 30.4 Å². The highest BCUT2D eigenvalue weighted by Gasteiger charge is 2.21. The lowest BCUT2D eigenvalue weighted by atomic mass is 10.2. The third-order valence-corrected chi connectivity index (χ3v) is 4.27. The van der Waals surface area contributed by atoms with Crippen molar-refractivity contribution in [3.63, 3.8) is 0 Å². The molecular weight excluding hydrogens is 320 g/mol. The van der Waals surface area contributed by atoms with E-state index < -0.39 is 0 Å². The maximum Gasteiger partial charge on any atom is 0.170 e. The monoisotopic (exact) mass is 336 g/mol. The van der Waals surface area contributed by atoms with Crippen LogP contribution in [0.2, 0.25) is 0 Å². The number of hydrogen-bond acceptors (Lipinski definition) is 5. The Kier molecular flexibility index (Phi) is 4.09. The standard InChI is InChI=1S/C13H17BrN6/c1-10-8-15-6-7-19(10)9-13-16-17-18-20(13)12-5-3-2-4-11(12)14/h2-5,10,15H,6-9H2,1H3/t10-/m1/s1. The molecule has 1 aromatic heterocycles. The minimum atomic E-state index is 0.494. The van der Waals surface area contributed by atoms with Gasteiger partial charge in [-0.05, 0) is 45.4 Å². The lowest BCUT2D eigenvalue weighted by Crippen LogP contribution is -2.49. The molecule has 6 nitrogen and oxygen atoms in total. The van der Waals surface area contributed by atoms with E-state index in [0.29, 0.717) is 6.04 Å². The van der Waals surface area contributed by atoms with Crippen LogP contribution < -0.4 is 5.32 Å². The van der Waals surface area contributed by atoms with Gasteiger partial charge in [-0.1, -0.05) is 12.1 Å². The van der Waals surface area contributed by atoms with Crippen LogP contribution in [0.1, 0.15) is 12.7 Å². The molecule has 2 aromatic rings. The van der Waals surface area contributed by atoms with E-state index in [9.17, 15) is 0 Å². The van der Waals surface area contributed by atoms with Crippen LogP contribution in [0, 0.1) is 0 Å². The maximum absolute atomic E-state index is 4.18. The maximum atomic E-state index is 4.18. The molecule has 0 radical (unpaired) electrons. The van der Waals surface area contributed by atoms with E-state index in [1.807, 2.05) is 24.3 Å². The van der Waals surface area contributed by atoms with Crippen LogP contribution in [0.15, 0.2) is 28.7 Å². The molecule has 7 heteroatoms. The summed E-state index contributed by atoms with van der Waals surface area (Å²) in [4.78, 5) is 2.40. The molecule has 3 rings (SSSR count). The van der Waals surface area contributed by atoms with Gasteiger partial charge in [-0.15, -0.1) is 5.10 Å². The molecule has 1 fully saturated rings. The van der Waals surface area contributed by atoms with Crippen LogP contribution in [0.5, 0.6) is 0 Å². The van der Waals surface area contributed by atoms with Crippen LogP contribution in [-0.2, 0) is 6.54 Å². The average Bonchev–Trinajstić information content (AvgIpc) is 2.90. The fraction of sp³-hybridized carbons (Fsp3) is 0.462. The molecule has 1 aliphatic heterocycles. The van der Waals surface area contributed by atoms with Crippen molar-refractivity contribution >= 4 is 15.9 Å². The predicted octanol–water partition coefficient (Wildman–Crippen LogP) is 1.22. The van der Waals surface area contributed by atoms with E-state index in [4.69, 9.17) is 0 Å². The molecule has 20 heavy (non-hydrogen) atoms. The minimum absolute atomic E-state index is 0.494. The highest BCUT2D eigenvalue weighted by molar-refractivity contribution is 9.10. The first kappa shape index (κ1) is 13.7. The van der Waals surface area contributed by atoms with E-state index in [1.165, 1.54) is 0 Å². The van der Waals surface area contributed by atoms with Crippen LogP contribution in [0.4, 0.5) is 0 Å². The topological polar surface area (TPSA) is 58.9 Å². The smallest absolute Gasteiger partial charge is 0.170 e. The molecule has 2 heterocycles. The number of halogens is 1. The zero-order valence-electron chi connectivity index (χ0n) is 11.3. The first-order valence-corrected chi connectivity index (χ1v) is 7.52. The van der Waals surface area contributed by atoms with Gasteiger partial charge >= 0.3 is 0 Å². The Morgan fingerprint density at radius 1 is 1.40 bits per heavy atom. The molecule has 0 bridgehead atoms. The highest BCUT2D eigenvalue weighted by atomic mass is 79.9. The summed E-state index contributed by atoms with van der Waals surface area (Å²) in [5, 5.41) is 15.5. The number of para-hydroxylation sites is 1. The second kappa shape index (κ2) is 5.99. The molecule has 0 saturated carbocycles. The Bertz CT molecular complexity index is 584. The number of rotatable bonds is 3. The van der Waals surface area contributed by atoms with Crippen LogP contribution >= 0.6 is 15.9 Å². The van der Waals surface area contributed by atoms with Gasteiger partial charge in [0.05, 0.1) is 12.2 Å². The Hall–Kier alpha value is -1.31. The van der Waals surface area contributed by atoms with E-state index in [0.717, 1.165) is 42.2 Å². The fourth-order valence-electron chi connectivity index (χ4n) is 2.41. The zero-order chi connectivity index (χ0) is 13.9. The van der Waals surface area contributed by atoms with E-state index in [-0.39, 0.29) is 0 Å². The van der Waals surface area contributed by atoms with Crippen molar-refractivity contribution in [2.75, 3.05) is 19.6 Å². The number of hydrogen-bond donors (Lipinski definition) is 1. The van der Waals surface area contributed by atoms with Crippen molar-refractivity contribution in [3.05, 3.63) is 34.6 Å². The van der Waals surface area contributed by atoms with Crippen molar-refractivity contribution in [2.45, 2.75) is 19.5 Å². The fourth-order valence-corrected chi connectivity index (χ4v) is 2.87. The normalized spacial score (nSPS) is 20.2. The molecule has 1 aromatic carbocycles. The summed E-state index contributed by atoms with van der Waals surface area (Å²) in [5.74, 6) is 0.866. The summed E-state index contributed by atoms with van der Waals surface area (Å²) in [6.45, 7) is 6.03. The molecule has 1 atom stereocenters. The Balaban J connectivity index is 1.85. The van der Waals surface area contributed by atoms with Gasteiger partial charge in [-0.2, -0.15) is 4.68 Å². The Morgan fingerprint density at radius 2 is 2.25 bits per heavy atom. The van der Waals surface area contributed by atoms with Crippen molar-refractivity contribution in [3.8, 4) is 5.69 Å². The summed E-state index contributed by atoms with van der Waals surface area (Å²) < 4.78 is 2.79. The zero-order valence-corrected chi connectivity index (χ0v) is 12.9. The number of tetrazole rings is 1. The third-order valence-electron chi connectivity index (χ3n) is 3.60. The molecule has 0 aliphatic carbocycles. The largest absolute Gasteiger partial charge is 0.314 e. The molecule has 106 valence electrons. The predicted molar refractivity (Wildman–Crippen MR) is 79.6 cm³/mol. The Morgan fingerprint density at radius 3 is 3.05 bits per heavy atom. The van der Waals surface area contributed by atoms with Gasteiger partial charge in [-0.25, -0.2) is 0 Å². The first-order valence-electron chi connectivity index (χ1n) is 6.72. The van der Waals surface area contributed by atoms with Crippen molar-refractivity contribution in [1.29, 1.82) is 0 Å². The quantitative estimate of drug-likeness (QED) is 0.913. The molecular formula is C13H17BrN6. The van der Waals surface area contributed by atoms with Gasteiger partial charge in [0.25, 0.3) is 0 Å². The second-order valence-corrected chi connectivity index (χ2v) is 5.84. The number of benzene rings is 1. The molecule has 0 unspecified atom stereocenters. The Labute approximate surface area is 126 Å². The number of piperazine rings is 1. The van der Waals surface area contributed by atoms with Gasteiger partial charge in [0, 0.05) is 30.1 Å². The van der Waals surface area contributed by atoms with Gasteiger partial charge in [0.1, 0.15) is 0 Å². The summed E-state index contributed by atoms with van der Waals surface area (Å²) in [7, 11) is 0. The number of aromatic nitrogens is 4. The van der Waals surface area contributed by atoms with E-state index in [1.54, 1.807) is 4.68 Å². The van der Waals surface area contributed by atoms with Crippen molar-refractivity contribution in [2.24, 2.45) is 0 Å². The molecule has 1 saturated heterocycles. The van der Waals surface area contributed by atoms with Gasteiger partial charge in [0.15, 0.2) is 5.82 Å². The van der Waals surface area contributed by atoms with Gasteiger partial charge in [-0.3, -0.25) is 4.90 Å². The third kappa shape index (κ3) is 2.74. The van der Waals surface area contributed by atoms with Crippen LogP contribution in [-0.4, -0.2) is 50.8 Å². The lowest BCUT2D eigenvalue weighted by Gasteiger charge is -2.33. The SMILES string of the molecule is C[C@@H]1CNCCN1Cc1nnnn1-c1ccccc1Br. The second-order valence-electron chi connectivity index (χ2n) is 4.98. The highest BCUT2D eigenvalue weighted by Crippen LogP contribution is 2.21. The average molecular weight is 337 g/mol. The lowest BCUT2D eigenvalue weighted by molar-refractivity contribution is 0.160. The number of nitrogens with zero attached hydrogens (tertiary/aromatic N) is 5. The van der Waals surface area contributed by atoms with E-state index >= 15 is 0 Å². The van der Waals surface area contributed by atoms with Crippen molar-refractivity contribution < 1.29 is 0 Å². The minimum Gasteiger partial charge on any atom is -0.314 e.